The van der Waals surface area contributed by atoms with Crippen LogP contribution in [0.15, 0.2) is 86.7 Å². The zero-order valence-electron chi connectivity index (χ0n) is 19.5. The number of carbonyl (C=O) groups excluding carboxylic acids is 2. The maximum atomic E-state index is 13.5. The van der Waals surface area contributed by atoms with Crippen molar-refractivity contribution in [3.8, 4) is 11.5 Å². The highest BCUT2D eigenvalue weighted by Crippen LogP contribution is 2.26. The molecule has 2 aromatic heterocycles. The molecule has 0 saturated heterocycles. The van der Waals surface area contributed by atoms with E-state index >= 15 is 0 Å². The Morgan fingerprint density at radius 1 is 1.00 bits per heavy atom. The number of nitrogens with one attached hydrogen (secondary N) is 1. The van der Waals surface area contributed by atoms with Crippen molar-refractivity contribution in [1.82, 2.24) is 20.4 Å². The molecule has 0 aliphatic heterocycles. The molecule has 9 heteroatoms. The Bertz CT molecular complexity index is 1260. The Morgan fingerprint density at radius 3 is 2.51 bits per heavy atom. The van der Waals surface area contributed by atoms with Crippen LogP contribution in [0.25, 0.3) is 11.5 Å². The zero-order valence-corrected chi connectivity index (χ0v) is 20.3. The zero-order chi connectivity index (χ0) is 24.6. The van der Waals surface area contributed by atoms with Gasteiger partial charge in [0.2, 0.25) is 17.7 Å². The minimum atomic E-state index is -0.168. The van der Waals surface area contributed by atoms with Crippen LogP contribution in [-0.4, -0.2) is 38.7 Å². The van der Waals surface area contributed by atoms with E-state index in [0.29, 0.717) is 29.6 Å². The molecule has 0 aliphatic carbocycles. The highest BCUT2D eigenvalue weighted by atomic mass is 32.2. The van der Waals surface area contributed by atoms with Gasteiger partial charge in [0.1, 0.15) is 5.76 Å². The van der Waals surface area contributed by atoms with Gasteiger partial charge in [0.15, 0.2) is 0 Å². The summed E-state index contributed by atoms with van der Waals surface area (Å²) in [6.07, 6.45) is 1.56. The van der Waals surface area contributed by atoms with Crippen molar-refractivity contribution in [3.63, 3.8) is 0 Å². The molecule has 0 aliphatic rings. The summed E-state index contributed by atoms with van der Waals surface area (Å²) >= 11 is 1.32. The van der Waals surface area contributed by atoms with Crippen LogP contribution in [0, 0.1) is 0 Å². The van der Waals surface area contributed by atoms with Gasteiger partial charge >= 0.3 is 0 Å². The lowest BCUT2D eigenvalue weighted by molar-refractivity contribution is -0.118. The largest absolute Gasteiger partial charge is 0.467 e. The molecular weight excluding hydrogens is 464 g/mol. The molecule has 1 N–H and O–H groups in total. The molecule has 0 spiro atoms. The number of carbonyl (C=O) groups is 2. The molecule has 0 radical (unpaired) electrons. The molecule has 4 rings (SSSR count). The Kier molecular flexibility index (Phi) is 7.99. The number of thioether (sulfide) groups is 1. The standard InChI is InChI=1S/C26H26N4O4S/c1-18(2)30(16-24-28-29-25(34-24)19-9-4-3-5-10-19)26(32)21-12-6-7-13-22(21)35-17-23(31)27-15-20-11-8-14-33-20/h3-14,18H,15-17H2,1-2H3,(H,27,31). The predicted molar refractivity (Wildman–Crippen MR) is 132 cm³/mol. The summed E-state index contributed by atoms with van der Waals surface area (Å²) in [4.78, 5) is 28.2. The minimum Gasteiger partial charge on any atom is -0.467 e. The number of hydrogen-bond acceptors (Lipinski definition) is 7. The van der Waals surface area contributed by atoms with Gasteiger partial charge in [-0.25, -0.2) is 0 Å². The second kappa shape index (κ2) is 11.5. The van der Waals surface area contributed by atoms with E-state index < -0.39 is 0 Å². The van der Waals surface area contributed by atoms with Crippen LogP contribution in [-0.2, 0) is 17.9 Å². The number of rotatable bonds is 10. The Morgan fingerprint density at radius 2 is 1.77 bits per heavy atom. The van der Waals surface area contributed by atoms with Crippen LogP contribution >= 0.6 is 11.8 Å². The molecular formula is C26H26N4O4S. The number of aromatic nitrogens is 2. The maximum Gasteiger partial charge on any atom is 0.255 e. The van der Waals surface area contributed by atoms with E-state index in [0.717, 1.165) is 10.5 Å². The molecule has 2 amide bonds. The molecule has 4 aromatic rings. The van der Waals surface area contributed by atoms with Crippen molar-refractivity contribution >= 4 is 23.6 Å². The van der Waals surface area contributed by atoms with E-state index in [9.17, 15) is 9.59 Å². The van der Waals surface area contributed by atoms with Gasteiger partial charge < -0.3 is 19.1 Å². The molecule has 2 aromatic carbocycles. The highest BCUT2D eigenvalue weighted by Gasteiger charge is 2.24. The van der Waals surface area contributed by atoms with Gasteiger partial charge in [-0.3, -0.25) is 9.59 Å². The Balaban J connectivity index is 1.43. The summed E-state index contributed by atoms with van der Waals surface area (Å²) < 4.78 is 11.1. The summed E-state index contributed by atoms with van der Waals surface area (Å²) in [5.41, 5.74) is 1.34. The lowest BCUT2D eigenvalue weighted by Gasteiger charge is -2.26. The van der Waals surface area contributed by atoms with Crippen molar-refractivity contribution in [3.05, 3.63) is 90.2 Å². The third-order valence-corrected chi connectivity index (χ3v) is 6.27. The van der Waals surface area contributed by atoms with E-state index in [2.05, 4.69) is 15.5 Å². The van der Waals surface area contributed by atoms with Gasteiger partial charge in [0, 0.05) is 16.5 Å². The second-order valence-corrected chi connectivity index (χ2v) is 9.05. The minimum absolute atomic E-state index is 0.107. The summed E-state index contributed by atoms with van der Waals surface area (Å²) in [6, 6.07) is 20.2. The van der Waals surface area contributed by atoms with Crippen molar-refractivity contribution in [2.24, 2.45) is 0 Å². The summed E-state index contributed by atoms with van der Waals surface area (Å²) in [6.45, 7) is 4.37. The monoisotopic (exact) mass is 490 g/mol. The van der Waals surface area contributed by atoms with Gasteiger partial charge in [-0.05, 0) is 50.2 Å². The Labute approximate surface area is 207 Å². The van der Waals surface area contributed by atoms with Crippen molar-refractivity contribution in [2.75, 3.05) is 5.75 Å². The summed E-state index contributed by atoms with van der Waals surface area (Å²) in [7, 11) is 0. The smallest absolute Gasteiger partial charge is 0.255 e. The first-order chi connectivity index (χ1) is 17.0. The highest BCUT2D eigenvalue weighted by molar-refractivity contribution is 8.00. The normalized spacial score (nSPS) is 10.9. The number of benzene rings is 2. The van der Waals surface area contributed by atoms with Crippen LogP contribution in [0.3, 0.4) is 0 Å². The average molecular weight is 491 g/mol. The molecule has 0 bridgehead atoms. The number of amides is 2. The maximum absolute atomic E-state index is 13.5. The molecule has 180 valence electrons. The van der Waals surface area contributed by atoms with Crippen LogP contribution in [0.1, 0.15) is 35.9 Å². The molecule has 8 nitrogen and oxygen atoms in total. The van der Waals surface area contributed by atoms with Crippen LogP contribution in [0.4, 0.5) is 0 Å². The van der Waals surface area contributed by atoms with Gasteiger partial charge in [0.25, 0.3) is 5.91 Å². The van der Waals surface area contributed by atoms with E-state index in [-0.39, 0.29) is 30.2 Å². The van der Waals surface area contributed by atoms with E-state index in [1.54, 1.807) is 29.4 Å². The van der Waals surface area contributed by atoms with E-state index in [1.165, 1.54) is 11.8 Å². The van der Waals surface area contributed by atoms with Crippen LogP contribution < -0.4 is 5.32 Å². The third kappa shape index (κ3) is 6.39. The average Bonchev–Trinajstić information content (AvgIpc) is 3.57. The van der Waals surface area contributed by atoms with E-state index in [4.69, 9.17) is 8.83 Å². The quantitative estimate of drug-likeness (QED) is 0.319. The molecule has 0 saturated carbocycles. The fraction of sp³-hybridized carbons (Fsp3) is 0.231. The van der Waals surface area contributed by atoms with Crippen molar-refractivity contribution < 1.29 is 18.4 Å². The second-order valence-electron chi connectivity index (χ2n) is 8.03. The topological polar surface area (TPSA) is 101 Å². The fourth-order valence-electron chi connectivity index (χ4n) is 3.37. The fourth-order valence-corrected chi connectivity index (χ4v) is 4.24. The molecule has 2 heterocycles. The van der Waals surface area contributed by atoms with Crippen LogP contribution in [0.2, 0.25) is 0 Å². The lowest BCUT2D eigenvalue weighted by Crippen LogP contribution is -2.36. The van der Waals surface area contributed by atoms with Crippen molar-refractivity contribution in [1.29, 1.82) is 0 Å². The predicted octanol–water partition coefficient (Wildman–Crippen LogP) is 4.79. The molecule has 0 fully saturated rings. The van der Waals surface area contributed by atoms with Gasteiger partial charge in [-0.15, -0.1) is 22.0 Å². The lowest BCUT2D eigenvalue weighted by atomic mass is 10.1. The first kappa shape index (κ1) is 24.3. The Hall–Kier alpha value is -3.85. The van der Waals surface area contributed by atoms with E-state index in [1.807, 2.05) is 62.4 Å². The van der Waals surface area contributed by atoms with Crippen LogP contribution in [0.5, 0.6) is 0 Å². The number of furan rings is 1. The third-order valence-electron chi connectivity index (χ3n) is 5.19. The molecule has 0 atom stereocenters. The molecule has 0 unspecified atom stereocenters. The van der Waals surface area contributed by atoms with Gasteiger partial charge in [-0.1, -0.05) is 30.3 Å². The number of hydrogen-bond donors (Lipinski definition) is 1. The van der Waals surface area contributed by atoms with Crippen molar-refractivity contribution in [2.45, 2.75) is 37.9 Å². The van der Waals surface area contributed by atoms with Gasteiger partial charge in [0.05, 0.1) is 30.7 Å². The first-order valence-electron chi connectivity index (χ1n) is 11.2. The van der Waals surface area contributed by atoms with Gasteiger partial charge in [-0.2, -0.15) is 0 Å². The number of nitrogens with zero attached hydrogens (tertiary/aromatic N) is 3. The molecule has 35 heavy (non-hydrogen) atoms. The first-order valence-corrected chi connectivity index (χ1v) is 12.2. The SMILES string of the molecule is CC(C)N(Cc1nnc(-c2ccccc2)o1)C(=O)c1ccccc1SCC(=O)NCc1ccco1. The summed E-state index contributed by atoms with van der Waals surface area (Å²) in [5.74, 6) is 1.31. The summed E-state index contributed by atoms with van der Waals surface area (Å²) in [5, 5.41) is 11.1.